The first kappa shape index (κ1) is 93.9. The van der Waals surface area contributed by atoms with Gasteiger partial charge in [-0.25, -0.2) is 4.57 Å². The van der Waals surface area contributed by atoms with Gasteiger partial charge >= 0.3 is 25.7 Å². The van der Waals surface area contributed by atoms with Crippen molar-refractivity contribution in [3.05, 3.63) is 12.2 Å². The standard InChI is InChI=1S/C77H143O24P/c1-4-7-10-13-16-19-22-25-27-29-31-34-37-39-42-45-48-51-61(79)93-55-58(96-63(81)53-50-47-44-41-38-35-32-30-28-26-23-20-17-14-11-8-5-2)56-95-102(91,92)101-75-73(99-76-71(89)66(84)64(82)59(54-78)97-76)69(87)68(86)70(88)74(75)100-77-72(90)67(85)65(83)60(98-77)57-94-62(80)52-49-46-43-40-36-33-24-21-18-15-12-9-6-3/h33,36,58-60,64-78,82-90H,4-32,34-35,37-57H2,1-3H3,(H,91,92)/b36-33-. The van der Waals surface area contributed by atoms with E-state index in [2.05, 4.69) is 32.9 Å². The molecule has 600 valence electrons. The molecule has 0 radical (unpaired) electrons. The Labute approximate surface area is 612 Å². The lowest BCUT2D eigenvalue weighted by atomic mass is 9.84. The Kier molecular flexibility index (Phi) is 54.0. The van der Waals surface area contributed by atoms with E-state index in [9.17, 15) is 74.9 Å². The van der Waals surface area contributed by atoms with Crippen molar-refractivity contribution in [2.45, 2.75) is 433 Å². The minimum absolute atomic E-state index is 0.00951. The van der Waals surface area contributed by atoms with Crippen LogP contribution in [0, 0.1) is 0 Å². The number of carbonyl (C=O) groups excluding carboxylic acids is 3. The Morgan fingerprint density at radius 1 is 0.373 bits per heavy atom. The third-order valence-electron chi connectivity index (χ3n) is 20.0. The number of aliphatic hydroxyl groups is 10. The van der Waals surface area contributed by atoms with E-state index in [4.69, 9.17) is 42.2 Å². The summed E-state index contributed by atoms with van der Waals surface area (Å²) in [5.74, 6) is -1.99. The summed E-state index contributed by atoms with van der Waals surface area (Å²) < 4.78 is 65.2. The summed E-state index contributed by atoms with van der Waals surface area (Å²) in [5, 5.41) is 110. The molecular formula is C77H143O24P. The number of phosphoric ester groups is 1. The number of aliphatic hydroxyl groups excluding tert-OH is 10. The van der Waals surface area contributed by atoms with E-state index in [1.807, 2.05) is 0 Å². The Hall–Kier alpha value is -2.30. The van der Waals surface area contributed by atoms with Crippen molar-refractivity contribution in [3.8, 4) is 0 Å². The molecule has 102 heavy (non-hydrogen) atoms. The molecule has 2 heterocycles. The molecule has 1 aliphatic carbocycles. The van der Waals surface area contributed by atoms with Crippen molar-refractivity contribution in [2.24, 2.45) is 0 Å². The van der Waals surface area contributed by atoms with Crippen LogP contribution in [-0.2, 0) is 61.2 Å². The third kappa shape index (κ3) is 40.8. The molecule has 3 rings (SSSR count). The highest BCUT2D eigenvalue weighted by atomic mass is 31.2. The highest BCUT2D eigenvalue weighted by Crippen LogP contribution is 2.49. The maximum absolute atomic E-state index is 14.4. The quantitative estimate of drug-likeness (QED) is 0.00886. The van der Waals surface area contributed by atoms with E-state index in [0.717, 1.165) is 89.9 Å². The number of rotatable bonds is 64. The van der Waals surface area contributed by atoms with Gasteiger partial charge in [0.15, 0.2) is 18.7 Å². The number of carbonyl (C=O) groups is 3. The molecule has 18 atom stereocenters. The molecular weight excluding hydrogens is 1340 g/mol. The van der Waals surface area contributed by atoms with Crippen LogP contribution in [0.25, 0.3) is 0 Å². The molecule has 0 amide bonds. The molecule has 24 nitrogen and oxygen atoms in total. The second kappa shape index (κ2) is 58.7. The van der Waals surface area contributed by atoms with Crippen LogP contribution in [0.4, 0.5) is 0 Å². The predicted octanol–water partition coefficient (Wildman–Crippen LogP) is 12.3. The fourth-order valence-electron chi connectivity index (χ4n) is 13.5. The van der Waals surface area contributed by atoms with E-state index in [1.165, 1.54) is 180 Å². The Morgan fingerprint density at radius 3 is 1.07 bits per heavy atom. The van der Waals surface area contributed by atoms with E-state index >= 15 is 0 Å². The van der Waals surface area contributed by atoms with Crippen LogP contribution >= 0.6 is 7.82 Å². The van der Waals surface area contributed by atoms with Gasteiger partial charge in [-0.1, -0.05) is 277 Å². The first-order chi connectivity index (χ1) is 49.3. The molecule has 18 unspecified atom stereocenters. The van der Waals surface area contributed by atoms with E-state index in [0.29, 0.717) is 19.3 Å². The number of allylic oxidation sites excluding steroid dienone is 2. The summed E-state index contributed by atoms with van der Waals surface area (Å²) in [4.78, 5) is 51.1. The third-order valence-corrected chi connectivity index (χ3v) is 21.0. The SMILES string of the molecule is CCCCCCCC/C=C\CCCCCC(=O)OCC1OC(OC2C(O)C(O)C(O)C(OC3OC(CO)C(O)C(O)C3O)C2OP(=O)(O)OCC(COC(=O)CCCCCCCCCCCCCCCCCCC)OC(=O)CCCCCCCCCCCCCCCCCCC)C(O)C(O)C1O. The predicted molar refractivity (Wildman–Crippen MR) is 388 cm³/mol. The largest absolute Gasteiger partial charge is 0.472 e. The first-order valence-electron chi connectivity index (χ1n) is 40.5. The summed E-state index contributed by atoms with van der Waals surface area (Å²) in [6.45, 7) is 3.48. The van der Waals surface area contributed by atoms with Gasteiger partial charge in [-0.3, -0.25) is 23.4 Å². The molecule has 3 aliphatic rings. The van der Waals surface area contributed by atoms with Gasteiger partial charge in [-0.05, 0) is 44.9 Å². The van der Waals surface area contributed by atoms with Crippen molar-refractivity contribution >= 4 is 25.7 Å². The average molecular weight is 1480 g/mol. The molecule has 2 saturated heterocycles. The number of phosphoric acid groups is 1. The normalized spacial score (nSPS) is 27.0. The van der Waals surface area contributed by atoms with Crippen LogP contribution in [0.1, 0.15) is 329 Å². The van der Waals surface area contributed by atoms with Crippen LogP contribution in [0.15, 0.2) is 12.2 Å². The molecule has 2 aliphatic heterocycles. The molecule has 0 aromatic carbocycles. The second-order valence-corrected chi connectivity index (χ2v) is 30.5. The van der Waals surface area contributed by atoms with Gasteiger partial charge in [-0.2, -0.15) is 0 Å². The maximum atomic E-state index is 14.4. The zero-order valence-electron chi connectivity index (χ0n) is 62.9. The number of ether oxygens (including phenoxy) is 7. The van der Waals surface area contributed by atoms with Gasteiger partial charge in [0.05, 0.1) is 13.2 Å². The number of esters is 3. The highest BCUT2D eigenvalue weighted by Gasteiger charge is 2.58. The Balaban J connectivity index is 1.71. The van der Waals surface area contributed by atoms with Crippen molar-refractivity contribution in [1.29, 1.82) is 0 Å². The molecule has 0 bridgehead atoms. The number of hydrogen-bond donors (Lipinski definition) is 11. The zero-order chi connectivity index (χ0) is 74.6. The second-order valence-electron chi connectivity index (χ2n) is 29.1. The van der Waals surface area contributed by atoms with Crippen LogP contribution in [0.2, 0.25) is 0 Å². The molecule has 0 spiro atoms. The van der Waals surface area contributed by atoms with Crippen LogP contribution in [0.5, 0.6) is 0 Å². The van der Waals surface area contributed by atoms with Crippen molar-refractivity contribution in [3.63, 3.8) is 0 Å². The maximum Gasteiger partial charge on any atom is 0.472 e. The van der Waals surface area contributed by atoms with Crippen LogP contribution in [-0.4, -0.2) is 204 Å². The summed E-state index contributed by atoms with van der Waals surface area (Å²) in [7, 11) is -5.70. The van der Waals surface area contributed by atoms with Crippen molar-refractivity contribution in [2.75, 3.05) is 26.4 Å². The fourth-order valence-corrected chi connectivity index (χ4v) is 14.4. The summed E-state index contributed by atoms with van der Waals surface area (Å²) in [5.41, 5.74) is 0. The summed E-state index contributed by atoms with van der Waals surface area (Å²) in [6.07, 6.45) is 19.7. The zero-order valence-corrected chi connectivity index (χ0v) is 63.8. The van der Waals surface area contributed by atoms with E-state index < -0.39 is 156 Å². The lowest BCUT2D eigenvalue weighted by Gasteiger charge is -2.49. The number of unbranched alkanes of at least 4 members (excludes halogenated alkanes) is 41. The average Bonchev–Trinajstić information content (AvgIpc) is 0.761. The van der Waals surface area contributed by atoms with Gasteiger partial charge in [0.1, 0.15) is 98.7 Å². The Bertz CT molecular complexity index is 2150. The molecule has 0 aromatic rings. The lowest BCUT2D eigenvalue weighted by Crippen LogP contribution is -2.69. The molecule has 11 N–H and O–H groups in total. The molecule has 0 aromatic heterocycles. The monoisotopic (exact) mass is 1480 g/mol. The van der Waals surface area contributed by atoms with E-state index in [1.54, 1.807) is 0 Å². The highest BCUT2D eigenvalue weighted by molar-refractivity contribution is 7.47. The van der Waals surface area contributed by atoms with E-state index in [-0.39, 0.29) is 19.3 Å². The molecule has 3 fully saturated rings. The van der Waals surface area contributed by atoms with Gasteiger partial charge in [0, 0.05) is 19.3 Å². The first-order valence-corrected chi connectivity index (χ1v) is 42.0. The van der Waals surface area contributed by atoms with Gasteiger partial charge in [-0.15, -0.1) is 0 Å². The molecule has 1 saturated carbocycles. The van der Waals surface area contributed by atoms with Crippen LogP contribution in [0.3, 0.4) is 0 Å². The molecule has 25 heteroatoms. The minimum atomic E-state index is -5.70. The summed E-state index contributed by atoms with van der Waals surface area (Å²) >= 11 is 0. The van der Waals surface area contributed by atoms with Gasteiger partial charge < -0.3 is 89.1 Å². The van der Waals surface area contributed by atoms with Crippen LogP contribution < -0.4 is 0 Å². The minimum Gasteiger partial charge on any atom is -0.463 e. The van der Waals surface area contributed by atoms with Crippen molar-refractivity contribution < 1.29 is 117 Å². The summed E-state index contributed by atoms with van der Waals surface area (Å²) in [6, 6.07) is 0. The van der Waals surface area contributed by atoms with Gasteiger partial charge in [0.25, 0.3) is 0 Å². The smallest absolute Gasteiger partial charge is 0.463 e. The topological polar surface area (TPSA) is 374 Å². The lowest BCUT2D eigenvalue weighted by molar-refractivity contribution is -0.360. The number of hydrogen-bond acceptors (Lipinski definition) is 23. The fraction of sp³-hybridized carbons (Fsp3) is 0.935. The van der Waals surface area contributed by atoms with Crippen molar-refractivity contribution in [1.82, 2.24) is 0 Å². The van der Waals surface area contributed by atoms with Gasteiger partial charge in [0.2, 0.25) is 0 Å². The Morgan fingerprint density at radius 2 is 0.686 bits per heavy atom.